The van der Waals surface area contributed by atoms with Crippen LogP contribution in [0.25, 0.3) is 21.2 Å². The van der Waals surface area contributed by atoms with Gasteiger partial charge in [-0.3, -0.25) is 29.0 Å². The number of rotatable bonds is 11. The Hall–Kier alpha value is -3.75. The molecule has 0 fully saturated rings. The molecule has 0 aromatic heterocycles. The largest absolute Gasteiger partial charge is 0.379 e. The molecule has 4 rings (SSSR count). The van der Waals surface area contributed by atoms with Crippen LogP contribution in [0, 0.1) is 0 Å². The minimum atomic E-state index is -0.498. The topological polar surface area (TPSA) is 133 Å². The van der Waals surface area contributed by atoms with E-state index in [2.05, 4.69) is 16.9 Å². The van der Waals surface area contributed by atoms with Gasteiger partial charge in [-0.15, -0.1) is 0 Å². The van der Waals surface area contributed by atoms with E-state index in [0.29, 0.717) is 28.4 Å². The SMILES string of the molecule is CCCCCCN1C(=O)c2ccc3c4c(ccc(c24)C1=O)C(=O)N(CCOCCN=[N+]=[N-])C3=O. The Kier molecular flexibility index (Phi) is 6.90. The summed E-state index contributed by atoms with van der Waals surface area (Å²) in [5.41, 5.74) is 9.51. The second-order valence-corrected chi connectivity index (χ2v) is 8.22. The fourth-order valence-electron chi connectivity index (χ4n) is 4.49. The summed E-state index contributed by atoms with van der Waals surface area (Å²) in [6, 6.07) is 6.25. The van der Waals surface area contributed by atoms with Gasteiger partial charge in [-0.1, -0.05) is 31.3 Å². The van der Waals surface area contributed by atoms with Crippen molar-refractivity contribution in [1.82, 2.24) is 9.80 Å². The van der Waals surface area contributed by atoms with E-state index in [1.165, 1.54) is 4.90 Å². The summed E-state index contributed by atoms with van der Waals surface area (Å²) in [5, 5.41) is 4.10. The number of carbonyl (C=O) groups is 4. The molecule has 0 saturated carbocycles. The second-order valence-electron chi connectivity index (χ2n) is 8.22. The predicted octanol–water partition coefficient (Wildman–Crippen LogP) is 3.94. The Bertz CT molecular complexity index is 1160. The normalized spacial score (nSPS) is 14.7. The molecule has 0 bridgehead atoms. The van der Waals surface area contributed by atoms with E-state index in [0.717, 1.165) is 30.6 Å². The molecule has 34 heavy (non-hydrogen) atoms. The first-order valence-corrected chi connectivity index (χ1v) is 11.4. The fourth-order valence-corrected chi connectivity index (χ4v) is 4.49. The van der Waals surface area contributed by atoms with Crippen molar-refractivity contribution in [3.63, 3.8) is 0 Å². The Labute approximate surface area is 196 Å². The molecule has 2 aliphatic rings. The summed E-state index contributed by atoms with van der Waals surface area (Å²) < 4.78 is 5.34. The summed E-state index contributed by atoms with van der Waals surface area (Å²) in [6.07, 6.45) is 3.75. The number of amides is 4. The summed E-state index contributed by atoms with van der Waals surface area (Å²) in [6.45, 7) is 2.89. The lowest BCUT2D eigenvalue weighted by molar-refractivity contribution is 0.0524. The Morgan fingerprint density at radius 1 is 0.765 bits per heavy atom. The summed E-state index contributed by atoms with van der Waals surface area (Å²) >= 11 is 0. The maximum atomic E-state index is 13.2. The number of carbonyl (C=O) groups excluding carboxylic acids is 4. The maximum Gasteiger partial charge on any atom is 0.261 e. The number of hydrogen-bond acceptors (Lipinski definition) is 6. The number of nitrogens with zero attached hydrogens (tertiary/aromatic N) is 5. The van der Waals surface area contributed by atoms with Crippen LogP contribution in [-0.2, 0) is 4.74 Å². The lowest BCUT2D eigenvalue weighted by atomic mass is 9.86. The quantitative estimate of drug-likeness (QED) is 0.164. The molecule has 4 amide bonds. The number of benzene rings is 2. The Morgan fingerprint density at radius 3 is 1.74 bits per heavy atom. The van der Waals surface area contributed by atoms with Gasteiger partial charge in [-0.2, -0.15) is 0 Å². The summed E-state index contributed by atoms with van der Waals surface area (Å²) in [4.78, 5) is 57.6. The van der Waals surface area contributed by atoms with Gasteiger partial charge < -0.3 is 4.74 Å². The van der Waals surface area contributed by atoms with E-state index in [1.807, 2.05) is 0 Å². The van der Waals surface area contributed by atoms with E-state index >= 15 is 0 Å². The van der Waals surface area contributed by atoms with Crippen LogP contribution in [0.5, 0.6) is 0 Å². The van der Waals surface area contributed by atoms with Gasteiger partial charge in [0.2, 0.25) is 0 Å². The number of hydrogen-bond donors (Lipinski definition) is 0. The van der Waals surface area contributed by atoms with Gasteiger partial charge in [0.25, 0.3) is 23.6 Å². The highest BCUT2D eigenvalue weighted by Crippen LogP contribution is 2.37. The molecule has 176 valence electrons. The van der Waals surface area contributed by atoms with Crippen molar-refractivity contribution in [2.24, 2.45) is 5.11 Å². The standard InChI is InChI=1S/C24H25N5O5/c1-2-3-4-5-11-28-21(30)15-6-8-17-20-18(9-7-16(19(15)20)22(28)31)24(33)29(23(17)32)12-14-34-13-10-26-27-25/h6-9H,2-5,10-14H2,1H3. The Balaban J connectivity index is 1.63. The highest BCUT2D eigenvalue weighted by atomic mass is 16.5. The van der Waals surface area contributed by atoms with Crippen molar-refractivity contribution in [3.05, 3.63) is 57.0 Å². The molecule has 10 heteroatoms. The van der Waals surface area contributed by atoms with Gasteiger partial charge in [-0.05, 0) is 36.2 Å². The van der Waals surface area contributed by atoms with Crippen molar-refractivity contribution in [3.8, 4) is 0 Å². The molecule has 0 radical (unpaired) electrons. The molecule has 2 heterocycles. The van der Waals surface area contributed by atoms with Crippen molar-refractivity contribution >= 4 is 34.4 Å². The molecule has 0 aliphatic carbocycles. The van der Waals surface area contributed by atoms with E-state index in [-0.39, 0.29) is 37.4 Å². The zero-order chi connectivity index (χ0) is 24.2. The van der Waals surface area contributed by atoms with Crippen molar-refractivity contribution < 1.29 is 23.9 Å². The molecule has 0 atom stereocenters. The van der Waals surface area contributed by atoms with Crippen molar-refractivity contribution in [2.75, 3.05) is 32.8 Å². The minimum Gasteiger partial charge on any atom is -0.379 e. The zero-order valence-electron chi connectivity index (χ0n) is 19.0. The second kappa shape index (κ2) is 10.0. The molecule has 0 saturated heterocycles. The highest BCUT2D eigenvalue weighted by Gasteiger charge is 2.39. The number of unbranched alkanes of at least 4 members (excludes halogenated alkanes) is 3. The molecule has 10 nitrogen and oxygen atoms in total. The molecule has 2 aliphatic heterocycles. The van der Waals surface area contributed by atoms with Gasteiger partial charge in [0.15, 0.2) is 0 Å². The van der Waals surface area contributed by atoms with Crippen LogP contribution in [-0.4, -0.2) is 66.3 Å². The molecular weight excluding hydrogens is 438 g/mol. The van der Waals surface area contributed by atoms with Crippen LogP contribution >= 0.6 is 0 Å². The molecule has 0 N–H and O–H groups in total. The predicted molar refractivity (Wildman–Crippen MR) is 124 cm³/mol. The fraction of sp³-hybridized carbons (Fsp3) is 0.417. The lowest BCUT2D eigenvalue weighted by Crippen LogP contribution is -2.44. The van der Waals surface area contributed by atoms with Crippen LogP contribution in [0.3, 0.4) is 0 Å². The van der Waals surface area contributed by atoms with Crippen LogP contribution in [0.2, 0.25) is 0 Å². The smallest absolute Gasteiger partial charge is 0.261 e. The van der Waals surface area contributed by atoms with Crippen LogP contribution in [0.1, 0.15) is 74.0 Å². The van der Waals surface area contributed by atoms with Crippen LogP contribution < -0.4 is 0 Å². The molecule has 0 unspecified atom stereocenters. The summed E-state index contributed by atoms with van der Waals surface area (Å²) in [7, 11) is 0. The Morgan fingerprint density at radius 2 is 1.26 bits per heavy atom. The maximum absolute atomic E-state index is 13.2. The van der Waals surface area contributed by atoms with Crippen molar-refractivity contribution in [2.45, 2.75) is 32.6 Å². The third kappa shape index (κ3) is 4.02. The van der Waals surface area contributed by atoms with Gasteiger partial charge in [0, 0.05) is 51.0 Å². The first-order chi connectivity index (χ1) is 16.5. The third-order valence-corrected chi connectivity index (χ3v) is 6.16. The van der Waals surface area contributed by atoms with Crippen molar-refractivity contribution in [1.29, 1.82) is 0 Å². The van der Waals surface area contributed by atoms with Gasteiger partial charge in [0.05, 0.1) is 19.8 Å². The van der Waals surface area contributed by atoms with E-state index in [4.69, 9.17) is 10.3 Å². The van der Waals surface area contributed by atoms with Gasteiger partial charge >= 0.3 is 0 Å². The minimum absolute atomic E-state index is 0.0295. The van der Waals surface area contributed by atoms with Crippen LogP contribution in [0.4, 0.5) is 0 Å². The molecule has 2 aromatic rings. The first kappa shape index (κ1) is 23.4. The summed E-state index contributed by atoms with van der Waals surface area (Å²) in [5.74, 6) is -1.79. The third-order valence-electron chi connectivity index (χ3n) is 6.16. The molecule has 0 spiro atoms. The monoisotopic (exact) mass is 463 g/mol. The first-order valence-electron chi connectivity index (χ1n) is 11.4. The van der Waals surface area contributed by atoms with Gasteiger partial charge in [-0.25, -0.2) is 0 Å². The van der Waals surface area contributed by atoms with E-state index < -0.39 is 23.6 Å². The van der Waals surface area contributed by atoms with E-state index in [1.54, 1.807) is 24.3 Å². The molecular formula is C24H25N5O5. The highest BCUT2D eigenvalue weighted by molar-refractivity contribution is 6.33. The number of azide groups is 1. The average molecular weight is 463 g/mol. The van der Waals surface area contributed by atoms with Crippen LogP contribution in [0.15, 0.2) is 29.4 Å². The van der Waals surface area contributed by atoms with E-state index in [9.17, 15) is 19.2 Å². The number of ether oxygens (including phenoxy) is 1. The lowest BCUT2D eigenvalue weighted by Gasteiger charge is -2.32. The zero-order valence-corrected chi connectivity index (χ0v) is 19.0. The number of imide groups is 2. The molecule has 2 aromatic carbocycles. The average Bonchev–Trinajstić information content (AvgIpc) is 2.84. The van der Waals surface area contributed by atoms with Gasteiger partial charge in [0.1, 0.15) is 0 Å².